The van der Waals surface area contributed by atoms with Gasteiger partial charge in [0.2, 0.25) is 70.9 Å². The second kappa shape index (κ2) is 49.4. The van der Waals surface area contributed by atoms with Gasteiger partial charge in [-0.3, -0.25) is 67.2 Å². The van der Waals surface area contributed by atoms with Crippen LogP contribution in [0, 0.1) is 23.7 Å². The quantitative estimate of drug-likeness (QED) is 0.0175. The van der Waals surface area contributed by atoms with Gasteiger partial charge in [-0.15, -0.1) is 0 Å². The van der Waals surface area contributed by atoms with E-state index in [9.17, 15) is 62.6 Å². The van der Waals surface area contributed by atoms with Gasteiger partial charge in [0.15, 0.2) is 0 Å². The number of hydrogen-bond acceptors (Lipinski definition) is 16. The molecule has 30 nitrogen and oxygen atoms in total. The third-order valence-electron chi connectivity index (χ3n) is 23.8. The Balaban J connectivity index is 1.00. The van der Waals surface area contributed by atoms with E-state index in [4.69, 9.17) is 9.47 Å². The molecule has 6 aromatic carbocycles. The summed E-state index contributed by atoms with van der Waals surface area (Å²) in [6.45, 7) is 22.4. The number of benzene rings is 6. The number of amides is 13. The molecular formula is C100H137N13O17. The topological polar surface area (TPSA) is 373 Å². The fourth-order valence-corrected chi connectivity index (χ4v) is 16.4. The summed E-state index contributed by atoms with van der Waals surface area (Å²) in [4.78, 5) is 210. The second-order valence-corrected chi connectivity index (χ2v) is 36.3. The van der Waals surface area contributed by atoms with Gasteiger partial charge in [0.25, 0.3) is 0 Å². The van der Waals surface area contributed by atoms with E-state index < -0.39 is 186 Å². The van der Waals surface area contributed by atoms with E-state index >= 15 is 9.59 Å². The number of carbonyl (C=O) groups is 14. The molecule has 0 saturated carbocycles. The number of likely N-dealkylation sites (N-methyl/N-ethyl adjacent to an activating group) is 6. The number of aliphatic carboxylic acids is 1. The molecule has 1 fully saturated rings. The molecular weight excluding hydrogens is 1660 g/mol. The van der Waals surface area contributed by atoms with Gasteiger partial charge in [-0.1, -0.05) is 237 Å². The standard InChI is InChI=1S/C100H137N13O17/c1-64(2)55-79(111(18)97(127)86(66(5)6)106-88(118)70(11)107(14)98(128)130-99(12,13)61-68(9)129-100(74-47-33-23-34-48-74,75-49-35-24-36-50-75)76-51-37-25-38-52-76)90(120)101-62-83(114)108(15)80(58-72-43-29-21-30-44-72)91(121)102-63-84(115)109(16)82(56-65(3)4)96(126)112(19)87(67(7)8)93(123)104-77(57-71-41-27-20-28-42-71)89(119)105-78(60-85(116)117)95(125)110(17)81(59-73-45-31-22-32-46-73)92(122)103-69(10)94(124)113-53-39-26-40-54-113/h20-25,27-38,41-52,64-70,77-82,86-87H,26,39-40,53-63H2,1-19H3,(H,101,120)(H,102,121)(H,103,122)(H,104,123)(H,105,119)(H,106,118)(H,116,117)/t68-,69+,70+,77+,78+,79+,80+,81+,82+,86+,87+/m1/s1. The van der Waals surface area contributed by atoms with Crippen molar-refractivity contribution < 1.29 is 81.7 Å². The SMILES string of the molecule is CC(C)C[C@@H](C(=O)N(C)[C@H](C(=O)N[C@@H](Cc1ccccc1)C(=O)N[C@@H](CC(=O)O)C(=O)N(C)[C@@H](Cc1ccccc1)C(=O)N[C@@H](C)C(=O)N1CCCCC1)C(C)C)N(C)C(=O)CNC(=O)[C@H](Cc1ccccc1)N(C)C(=O)CNC(=O)[C@H](CC(C)C)N(C)C(=O)[C@@H](NC(=O)[C@H](C)N(C)C(=O)OC(C)(C)C[C@@H](C)OC(c1ccccc1)(c1ccccc1)c1ccccc1)C(C)C. The predicted octanol–water partition coefficient (Wildman–Crippen LogP) is 8.96. The van der Waals surface area contributed by atoms with Crippen molar-refractivity contribution in [3.05, 3.63) is 215 Å². The van der Waals surface area contributed by atoms with E-state index in [2.05, 4.69) is 31.9 Å². The van der Waals surface area contributed by atoms with Crippen LogP contribution in [0.15, 0.2) is 182 Å². The molecule has 1 heterocycles. The number of hydrogen-bond donors (Lipinski definition) is 7. The lowest BCUT2D eigenvalue weighted by Gasteiger charge is -2.40. The van der Waals surface area contributed by atoms with Crippen LogP contribution in [-0.2, 0) is 96.7 Å². The highest BCUT2D eigenvalue weighted by Gasteiger charge is 2.45. The van der Waals surface area contributed by atoms with Crippen LogP contribution < -0.4 is 31.9 Å². The van der Waals surface area contributed by atoms with Crippen LogP contribution in [0.2, 0.25) is 0 Å². The number of carbonyl (C=O) groups excluding carboxylic acids is 13. The Labute approximate surface area is 766 Å². The highest BCUT2D eigenvalue weighted by Crippen LogP contribution is 2.43. The van der Waals surface area contributed by atoms with Crippen molar-refractivity contribution in [1.82, 2.24) is 66.2 Å². The molecule has 6 aromatic rings. The lowest BCUT2D eigenvalue weighted by Crippen LogP contribution is -2.61. The minimum Gasteiger partial charge on any atom is -0.481 e. The Morgan fingerprint density at radius 1 is 0.408 bits per heavy atom. The van der Waals surface area contributed by atoms with Crippen molar-refractivity contribution in [3.63, 3.8) is 0 Å². The molecule has 0 radical (unpaired) electrons. The third-order valence-corrected chi connectivity index (χ3v) is 23.8. The predicted molar refractivity (Wildman–Crippen MR) is 496 cm³/mol. The van der Waals surface area contributed by atoms with Crippen molar-refractivity contribution in [3.8, 4) is 0 Å². The smallest absolute Gasteiger partial charge is 0.410 e. The summed E-state index contributed by atoms with van der Waals surface area (Å²) in [5.74, 6) is -11.8. The van der Waals surface area contributed by atoms with Crippen LogP contribution in [-0.4, -0.2) is 263 Å². The molecule has 13 amide bonds. The lowest BCUT2D eigenvalue weighted by molar-refractivity contribution is -0.149. The van der Waals surface area contributed by atoms with Crippen molar-refractivity contribution in [1.29, 1.82) is 0 Å². The molecule has 0 aliphatic carbocycles. The minimum atomic E-state index is -1.80. The summed E-state index contributed by atoms with van der Waals surface area (Å²) in [7, 11) is 8.29. The molecule has 0 unspecified atom stereocenters. The number of carboxylic acids is 1. The summed E-state index contributed by atoms with van der Waals surface area (Å²) >= 11 is 0. The van der Waals surface area contributed by atoms with Crippen molar-refractivity contribution >= 4 is 82.9 Å². The normalized spacial score (nSPS) is 14.8. The molecule has 1 saturated heterocycles. The average molecular weight is 1790 g/mol. The van der Waals surface area contributed by atoms with Crippen molar-refractivity contribution in [2.45, 2.75) is 232 Å². The van der Waals surface area contributed by atoms with Gasteiger partial charge in [0.05, 0.1) is 25.6 Å². The molecule has 11 atom stereocenters. The maximum absolute atomic E-state index is 15.2. The van der Waals surface area contributed by atoms with Crippen molar-refractivity contribution in [2.24, 2.45) is 23.7 Å². The van der Waals surface area contributed by atoms with E-state index in [1.165, 1.54) is 59.0 Å². The fourth-order valence-electron chi connectivity index (χ4n) is 16.4. The highest BCUT2D eigenvalue weighted by molar-refractivity contribution is 6.00. The van der Waals surface area contributed by atoms with Crippen LogP contribution >= 0.6 is 0 Å². The molecule has 7 rings (SSSR count). The first-order valence-electron chi connectivity index (χ1n) is 45.0. The van der Waals surface area contributed by atoms with Gasteiger partial charge in [-0.25, -0.2) is 4.79 Å². The maximum Gasteiger partial charge on any atom is 0.410 e. The second-order valence-electron chi connectivity index (χ2n) is 36.3. The van der Waals surface area contributed by atoms with Gasteiger partial charge >= 0.3 is 12.1 Å². The maximum atomic E-state index is 15.2. The highest BCUT2D eigenvalue weighted by atomic mass is 16.6. The molecule has 1 aliphatic heterocycles. The zero-order valence-electron chi connectivity index (χ0n) is 79.0. The van der Waals surface area contributed by atoms with Crippen molar-refractivity contribution in [2.75, 3.05) is 68.5 Å². The van der Waals surface area contributed by atoms with Gasteiger partial charge < -0.3 is 75.9 Å². The number of ether oxygens (including phenoxy) is 2. The van der Waals surface area contributed by atoms with E-state index in [1.54, 1.807) is 144 Å². The van der Waals surface area contributed by atoms with E-state index in [-0.39, 0.29) is 56.3 Å². The minimum absolute atomic E-state index is 0.0560. The molecule has 130 heavy (non-hydrogen) atoms. The zero-order valence-corrected chi connectivity index (χ0v) is 79.0. The van der Waals surface area contributed by atoms with Crippen LogP contribution in [0.4, 0.5) is 4.79 Å². The number of likely N-dealkylation sites (tertiary alicyclic amines) is 1. The van der Waals surface area contributed by atoms with Crippen LogP contribution in [0.3, 0.4) is 0 Å². The first-order valence-corrected chi connectivity index (χ1v) is 45.0. The molecule has 0 aromatic heterocycles. The van der Waals surface area contributed by atoms with Crippen LogP contribution in [0.25, 0.3) is 0 Å². The van der Waals surface area contributed by atoms with Crippen LogP contribution in [0.1, 0.15) is 168 Å². The molecule has 7 N–H and O–H groups in total. The summed E-state index contributed by atoms with van der Waals surface area (Å²) in [6.07, 6.45) is 0.466. The Morgan fingerprint density at radius 2 is 0.815 bits per heavy atom. The Bertz CT molecular complexity index is 4660. The van der Waals surface area contributed by atoms with Crippen LogP contribution in [0.5, 0.6) is 0 Å². The largest absolute Gasteiger partial charge is 0.481 e. The monoisotopic (exact) mass is 1790 g/mol. The number of carboxylic acid groups (broad SMARTS) is 1. The zero-order chi connectivity index (χ0) is 96.0. The van der Waals surface area contributed by atoms with E-state index in [0.29, 0.717) is 29.8 Å². The first kappa shape index (κ1) is 105. The Morgan fingerprint density at radius 3 is 1.25 bits per heavy atom. The molecule has 0 spiro atoms. The Kier molecular flexibility index (Phi) is 39.8. The average Bonchev–Trinajstić information content (AvgIpc) is 0.677. The molecule has 0 bridgehead atoms. The molecule has 1 aliphatic rings. The number of nitrogens with one attached hydrogen (secondary N) is 6. The lowest BCUT2D eigenvalue weighted by atomic mass is 9.79. The first-order chi connectivity index (χ1) is 61.5. The molecule has 30 heteroatoms. The van der Waals surface area contributed by atoms with Gasteiger partial charge in [-0.2, -0.15) is 0 Å². The summed E-state index contributed by atoms with van der Waals surface area (Å²) in [5.41, 5.74) is 2.34. The third kappa shape index (κ3) is 29.6. The fraction of sp³-hybridized carbons (Fsp3) is 0.500. The number of rotatable bonds is 46. The van der Waals surface area contributed by atoms with Gasteiger partial charge in [0, 0.05) is 81.1 Å². The van der Waals surface area contributed by atoms with Gasteiger partial charge in [-0.05, 0) is 124 Å². The molecule has 704 valence electrons. The summed E-state index contributed by atoms with van der Waals surface area (Å²) < 4.78 is 13.3. The summed E-state index contributed by atoms with van der Waals surface area (Å²) in [6, 6.07) is 42.8. The number of piperidine rings is 1. The Hall–Kier alpha value is -12.3. The van der Waals surface area contributed by atoms with E-state index in [1.807, 2.05) is 126 Å². The van der Waals surface area contributed by atoms with Gasteiger partial charge in [0.1, 0.15) is 71.6 Å². The van der Waals surface area contributed by atoms with E-state index in [0.717, 1.165) is 55.6 Å². The summed E-state index contributed by atoms with van der Waals surface area (Å²) in [5, 5.41) is 26.6. The number of nitrogens with zero attached hydrogens (tertiary/aromatic N) is 7.